The van der Waals surface area contributed by atoms with Crippen LogP contribution >= 0.6 is 0 Å². The van der Waals surface area contributed by atoms with E-state index in [0.717, 1.165) is 16.5 Å². The minimum absolute atomic E-state index is 0.187. The monoisotopic (exact) mass is 480 g/mol. The summed E-state index contributed by atoms with van der Waals surface area (Å²) in [5.74, 6) is 0.542. The topological polar surface area (TPSA) is 68.3 Å². The zero-order valence-corrected chi connectivity index (χ0v) is 20.2. The van der Waals surface area contributed by atoms with E-state index in [1.165, 1.54) is 10.8 Å². The van der Waals surface area contributed by atoms with E-state index in [0.29, 0.717) is 22.6 Å². The Morgan fingerprint density at radius 3 is 2.31 bits per heavy atom. The van der Waals surface area contributed by atoms with Crippen LogP contribution in [0.2, 0.25) is 0 Å². The van der Waals surface area contributed by atoms with Gasteiger partial charge in [0.25, 0.3) is 10.0 Å². The van der Waals surface area contributed by atoms with Gasteiger partial charge in [-0.05, 0) is 59.7 Å². The number of hydrogen-bond acceptors (Lipinski definition) is 4. The van der Waals surface area contributed by atoms with Gasteiger partial charge in [0.1, 0.15) is 5.75 Å². The van der Waals surface area contributed by atoms with Crippen LogP contribution in [0.15, 0.2) is 95.9 Å². The summed E-state index contributed by atoms with van der Waals surface area (Å²) in [6, 6.07) is 28.5. The Bertz CT molecular complexity index is 1670. The number of anilines is 1. The molecule has 0 amide bonds. The van der Waals surface area contributed by atoms with Gasteiger partial charge >= 0.3 is 0 Å². The van der Waals surface area contributed by atoms with Crippen molar-refractivity contribution in [1.29, 1.82) is 0 Å². The van der Waals surface area contributed by atoms with E-state index in [4.69, 9.17) is 9.72 Å². The van der Waals surface area contributed by atoms with Crippen LogP contribution in [0.5, 0.6) is 5.75 Å². The first-order valence-electron chi connectivity index (χ1n) is 11.2. The number of aromatic nitrogens is 1. The molecule has 6 heteroatoms. The van der Waals surface area contributed by atoms with E-state index >= 15 is 0 Å². The quantitative estimate of drug-likeness (QED) is 0.294. The smallest absolute Gasteiger partial charge is 0.261 e. The average Bonchev–Trinajstić information content (AvgIpc) is 2.87. The van der Waals surface area contributed by atoms with Crippen LogP contribution < -0.4 is 9.46 Å². The van der Waals surface area contributed by atoms with Crippen LogP contribution in [0.3, 0.4) is 0 Å². The lowest BCUT2D eigenvalue weighted by Gasteiger charge is -2.13. The Morgan fingerprint density at radius 2 is 1.54 bits per heavy atom. The van der Waals surface area contributed by atoms with Crippen molar-refractivity contribution >= 4 is 49.5 Å². The molecule has 0 saturated heterocycles. The highest BCUT2D eigenvalue weighted by Gasteiger charge is 2.17. The highest BCUT2D eigenvalue weighted by Crippen LogP contribution is 2.30. The minimum Gasteiger partial charge on any atom is -0.497 e. The van der Waals surface area contributed by atoms with Gasteiger partial charge < -0.3 is 4.74 Å². The molecular weight excluding hydrogens is 456 g/mol. The van der Waals surface area contributed by atoms with Crippen molar-refractivity contribution in [3.05, 3.63) is 108 Å². The van der Waals surface area contributed by atoms with Crippen LogP contribution in [0.25, 0.3) is 33.8 Å². The Balaban J connectivity index is 1.52. The second-order valence-electron chi connectivity index (χ2n) is 8.34. The van der Waals surface area contributed by atoms with E-state index in [-0.39, 0.29) is 4.90 Å². The van der Waals surface area contributed by atoms with Crippen molar-refractivity contribution in [2.24, 2.45) is 0 Å². The van der Waals surface area contributed by atoms with Crippen LogP contribution in [0, 0.1) is 6.92 Å². The summed E-state index contributed by atoms with van der Waals surface area (Å²) in [4.78, 5) is 4.94. The lowest BCUT2D eigenvalue weighted by atomic mass is 10.1. The molecule has 0 spiro atoms. The van der Waals surface area contributed by atoms with Gasteiger partial charge in [-0.2, -0.15) is 0 Å². The number of ether oxygens (including phenoxy) is 1. The number of rotatable bonds is 6. The SMILES string of the molecule is COc1cc(NS(=O)(=O)c2ccc(C)cc2)c2nc(/C=C/c3ccc4ccccc4c3)ccc2c1. The first-order valence-corrected chi connectivity index (χ1v) is 12.6. The molecule has 0 unspecified atom stereocenters. The molecule has 0 saturated carbocycles. The number of nitrogens with zero attached hydrogens (tertiary/aromatic N) is 1. The lowest BCUT2D eigenvalue weighted by Crippen LogP contribution is -2.13. The zero-order valence-electron chi connectivity index (χ0n) is 19.4. The predicted molar refractivity (Wildman–Crippen MR) is 143 cm³/mol. The Hall–Kier alpha value is -4.16. The molecule has 5 rings (SSSR count). The number of fused-ring (bicyclic) bond motifs is 2. The fourth-order valence-corrected chi connectivity index (χ4v) is 4.98. The summed E-state index contributed by atoms with van der Waals surface area (Å²) >= 11 is 0. The molecule has 174 valence electrons. The van der Waals surface area contributed by atoms with Crippen molar-refractivity contribution in [2.45, 2.75) is 11.8 Å². The minimum atomic E-state index is -3.80. The number of nitrogens with one attached hydrogen (secondary N) is 1. The van der Waals surface area contributed by atoms with Gasteiger partial charge in [0, 0.05) is 11.5 Å². The Labute approximate surface area is 204 Å². The standard InChI is InChI=1S/C29H24N2O3S/c1-20-7-15-27(16-8-20)35(32,33)31-28-19-26(34-2)18-24-12-14-25(30-29(24)28)13-10-21-9-11-22-5-3-4-6-23(22)17-21/h3-19,31H,1-2H3/b13-10+. The van der Waals surface area contributed by atoms with E-state index in [1.54, 1.807) is 37.4 Å². The summed E-state index contributed by atoms with van der Waals surface area (Å²) in [5.41, 5.74) is 3.66. The molecule has 4 aromatic carbocycles. The molecule has 0 aliphatic rings. The van der Waals surface area contributed by atoms with Crippen molar-refractivity contribution in [3.8, 4) is 5.75 Å². The largest absolute Gasteiger partial charge is 0.497 e. The fraction of sp³-hybridized carbons (Fsp3) is 0.0690. The van der Waals surface area contributed by atoms with E-state index in [1.807, 2.05) is 49.4 Å². The van der Waals surface area contributed by atoms with E-state index in [9.17, 15) is 8.42 Å². The molecule has 0 aliphatic heterocycles. The van der Waals surface area contributed by atoms with Gasteiger partial charge in [-0.3, -0.25) is 4.72 Å². The maximum Gasteiger partial charge on any atom is 0.261 e. The van der Waals surface area contributed by atoms with Crippen LogP contribution in [-0.4, -0.2) is 20.5 Å². The highest BCUT2D eigenvalue weighted by molar-refractivity contribution is 7.92. The second kappa shape index (κ2) is 9.24. The molecule has 0 radical (unpaired) electrons. The molecule has 0 fully saturated rings. The predicted octanol–water partition coefficient (Wildman–Crippen LogP) is 6.68. The summed E-state index contributed by atoms with van der Waals surface area (Å²) in [7, 11) is -2.25. The fourth-order valence-electron chi connectivity index (χ4n) is 3.93. The van der Waals surface area contributed by atoms with Gasteiger partial charge in [-0.25, -0.2) is 13.4 Å². The normalized spacial score (nSPS) is 11.8. The molecular formula is C29H24N2O3S. The van der Waals surface area contributed by atoms with Gasteiger partial charge in [0.2, 0.25) is 0 Å². The Morgan fingerprint density at radius 1 is 0.800 bits per heavy atom. The highest BCUT2D eigenvalue weighted by atomic mass is 32.2. The molecule has 0 aliphatic carbocycles. The first-order chi connectivity index (χ1) is 16.9. The van der Waals surface area contributed by atoms with Crippen LogP contribution in [0.4, 0.5) is 5.69 Å². The summed E-state index contributed by atoms with van der Waals surface area (Å²) < 4.78 is 34.2. The number of methoxy groups -OCH3 is 1. The van der Waals surface area contributed by atoms with Crippen LogP contribution in [-0.2, 0) is 10.0 Å². The second-order valence-corrected chi connectivity index (χ2v) is 10.0. The summed E-state index contributed by atoms with van der Waals surface area (Å²) in [6.45, 7) is 1.91. The average molecular weight is 481 g/mol. The maximum absolute atomic E-state index is 13.1. The molecule has 5 aromatic rings. The van der Waals surface area contributed by atoms with Crippen molar-refractivity contribution in [1.82, 2.24) is 4.98 Å². The molecule has 35 heavy (non-hydrogen) atoms. The molecule has 1 N–H and O–H groups in total. The summed E-state index contributed by atoms with van der Waals surface area (Å²) in [6.07, 6.45) is 3.92. The third-order valence-electron chi connectivity index (χ3n) is 5.82. The van der Waals surface area contributed by atoms with Crippen molar-refractivity contribution in [3.63, 3.8) is 0 Å². The number of benzene rings is 4. The number of hydrogen-bond donors (Lipinski definition) is 1. The molecule has 1 heterocycles. The van der Waals surface area contributed by atoms with Crippen molar-refractivity contribution < 1.29 is 13.2 Å². The van der Waals surface area contributed by atoms with Crippen molar-refractivity contribution in [2.75, 3.05) is 11.8 Å². The molecule has 0 bridgehead atoms. The third-order valence-corrected chi connectivity index (χ3v) is 7.20. The van der Waals surface area contributed by atoms with Gasteiger partial charge in [0.05, 0.1) is 28.9 Å². The first kappa shape index (κ1) is 22.6. The maximum atomic E-state index is 13.1. The molecule has 1 aromatic heterocycles. The number of sulfonamides is 1. The zero-order chi connectivity index (χ0) is 24.4. The molecule has 5 nitrogen and oxygen atoms in total. The van der Waals surface area contributed by atoms with Gasteiger partial charge in [-0.1, -0.05) is 66.2 Å². The lowest BCUT2D eigenvalue weighted by molar-refractivity contribution is 0.415. The van der Waals surface area contributed by atoms with E-state index < -0.39 is 10.0 Å². The van der Waals surface area contributed by atoms with E-state index in [2.05, 4.69) is 35.1 Å². The van der Waals surface area contributed by atoms with Gasteiger partial charge in [0.15, 0.2) is 0 Å². The molecule has 0 atom stereocenters. The number of aryl methyl sites for hydroxylation is 1. The third kappa shape index (κ3) is 4.88. The number of pyridine rings is 1. The Kier molecular flexibility index (Phi) is 5.97. The van der Waals surface area contributed by atoms with Crippen LogP contribution in [0.1, 0.15) is 16.8 Å². The van der Waals surface area contributed by atoms with Gasteiger partial charge in [-0.15, -0.1) is 0 Å². The summed E-state index contributed by atoms with van der Waals surface area (Å²) in [5, 5.41) is 3.13.